The summed E-state index contributed by atoms with van der Waals surface area (Å²) in [6.07, 6.45) is 0. The van der Waals surface area contributed by atoms with Crippen molar-refractivity contribution in [2.75, 3.05) is 14.1 Å². The third-order valence-corrected chi connectivity index (χ3v) is 5.08. The molecule has 0 radical (unpaired) electrons. The molecule has 0 aliphatic carbocycles. The molecule has 0 aliphatic rings. The van der Waals surface area contributed by atoms with Gasteiger partial charge in [-0.05, 0) is 11.4 Å². The van der Waals surface area contributed by atoms with Crippen LogP contribution in [-0.4, -0.2) is 32.9 Å². The summed E-state index contributed by atoms with van der Waals surface area (Å²) in [6, 6.07) is 2.01. The van der Waals surface area contributed by atoms with Gasteiger partial charge in [0.05, 0.1) is 4.90 Å². The number of sulfonamides is 1. The molecule has 1 heterocycles. The van der Waals surface area contributed by atoms with E-state index in [4.69, 9.17) is 0 Å². The molecule has 1 rings (SSSR count). The van der Waals surface area contributed by atoms with Gasteiger partial charge in [-0.15, -0.1) is 11.3 Å². The molecule has 0 bridgehead atoms. The summed E-state index contributed by atoms with van der Waals surface area (Å²) in [7, 11) is -0.212. The highest BCUT2D eigenvalue weighted by atomic mass is 32.2. The van der Waals surface area contributed by atoms with Crippen molar-refractivity contribution in [3.63, 3.8) is 0 Å². The molecular formula is C10H18N2O2S2. The second kappa shape index (κ2) is 5.27. The van der Waals surface area contributed by atoms with E-state index in [1.807, 2.05) is 19.2 Å². The second-order valence-electron chi connectivity index (χ2n) is 4.03. The minimum atomic E-state index is -3.31. The van der Waals surface area contributed by atoms with Gasteiger partial charge in [0.1, 0.15) is 0 Å². The molecule has 4 nitrogen and oxygen atoms in total. The van der Waals surface area contributed by atoms with E-state index in [0.29, 0.717) is 17.5 Å². The standard InChI is InChI=1S/C10H18N2O2S2/c1-8(2)11-7-9-10(5-6-15-9)16(13,14)12(3)4/h5-6,8,11H,7H2,1-4H3. The molecule has 1 aromatic heterocycles. The van der Waals surface area contributed by atoms with E-state index in [9.17, 15) is 8.42 Å². The Balaban J connectivity index is 2.95. The maximum atomic E-state index is 12.0. The lowest BCUT2D eigenvalue weighted by molar-refractivity contribution is 0.518. The Bertz CT molecular complexity index is 435. The average molecular weight is 262 g/mol. The maximum absolute atomic E-state index is 12.0. The van der Waals surface area contributed by atoms with Crippen molar-refractivity contribution in [3.8, 4) is 0 Å². The first-order valence-electron chi connectivity index (χ1n) is 5.08. The van der Waals surface area contributed by atoms with Crippen molar-refractivity contribution in [1.82, 2.24) is 9.62 Å². The predicted molar refractivity (Wildman–Crippen MR) is 67.2 cm³/mol. The van der Waals surface area contributed by atoms with Crippen LogP contribution in [0.25, 0.3) is 0 Å². The fraction of sp³-hybridized carbons (Fsp3) is 0.600. The molecule has 0 fully saturated rings. The second-order valence-corrected chi connectivity index (χ2v) is 7.15. The first-order valence-corrected chi connectivity index (χ1v) is 7.40. The summed E-state index contributed by atoms with van der Waals surface area (Å²) in [6.45, 7) is 4.67. The Kier molecular flexibility index (Phi) is 4.49. The van der Waals surface area contributed by atoms with Gasteiger partial charge in [0.15, 0.2) is 0 Å². The molecule has 0 saturated heterocycles. The summed E-state index contributed by atoms with van der Waals surface area (Å²) in [5, 5.41) is 5.04. The van der Waals surface area contributed by atoms with Crippen molar-refractivity contribution in [2.24, 2.45) is 0 Å². The molecule has 1 N–H and O–H groups in total. The Morgan fingerprint density at radius 1 is 1.44 bits per heavy atom. The quantitative estimate of drug-likeness (QED) is 0.875. The van der Waals surface area contributed by atoms with Gasteiger partial charge in [0, 0.05) is 31.6 Å². The Labute approximate surface area is 101 Å². The zero-order valence-corrected chi connectivity index (χ0v) is 11.7. The monoisotopic (exact) mass is 262 g/mol. The minimum Gasteiger partial charge on any atom is -0.310 e. The number of rotatable bonds is 5. The number of nitrogens with one attached hydrogen (secondary N) is 1. The Hall–Kier alpha value is -0.430. The highest BCUT2D eigenvalue weighted by Crippen LogP contribution is 2.23. The lowest BCUT2D eigenvalue weighted by atomic mass is 10.4. The van der Waals surface area contributed by atoms with Crippen molar-refractivity contribution in [3.05, 3.63) is 16.3 Å². The molecule has 0 unspecified atom stereocenters. The molecule has 0 spiro atoms. The molecule has 0 atom stereocenters. The zero-order valence-electron chi connectivity index (χ0n) is 10.0. The highest BCUT2D eigenvalue weighted by molar-refractivity contribution is 7.89. The lowest BCUT2D eigenvalue weighted by Gasteiger charge is -2.13. The van der Waals surface area contributed by atoms with E-state index in [2.05, 4.69) is 5.32 Å². The van der Waals surface area contributed by atoms with E-state index in [1.165, 1.54) is 15.6 Å². The molecular weight excluding hydrogens is 244 g/mol. The molecule has 6 heteroatoms. The van der Waals surface area contributed by atoms with Gasteiger partial charge in [-0.3, -0.25) is 0 Å². The summed E-state index contributed by atoms with van der Waals surface area (Å²) in [5.41, 5.74) is 0. The van der Waals surface area contributed by atoms with Crippen molar-refractivity contribution < 1.29 is 8.42 Å². The third kappa shape index (κ3) is 3.04. The van der Waals surface area contributed by atoms with Gasteiger partial charge >= 0.3 is 0 Å². The number of thiophene rings is 1. The van der Waals surface area contributed by atoms with Crippen LogP contribution in [-0.2, 0) is 16.6 Å². The Morgan fingerprint density at radius 3 is 2.56 bits per heavy atom. The highest BCUT2D eigenvalue weighted by Gasteiger charge is 2.21. The van der Waals surface area contributed by atoms with Gasteiger partial charge in [-0.1, -0.05) is 13.8 Å². The predicted octanol–water partition coefficient (Wildman–Crippen LogP) is 1.50. The van der Waals surface area contributed by atoms with E-state index in [0.717, 1.165) is 4.88 Å². The normalized spacial score (nSPS) is 12.6. The Morgan fingerprint density at radius 2 is 2.06 bits per heavy atom. The molecule has 0 saturated carbocycles. The fourth-order valence-corrected chi connectivity index (χ4v) is 3.44. The zero-order chi connectivity index (χ0) is 12.3. The third-order valence-electron chi connectivity index (χ3n) is 2.13. The van der Waals surface area contributed by atoms with Gasteiger partial charge in [-0.2, -0.15) is 0 Å². The molecule has 92 valence electrons. The average Bonchev–Trinajstić information content (AvgIpc) is 2.62. The first-order chi connectivity index (χ1) is 7.35. The van der Waals surface area contributed by atoms with Crippen molar-refractivity contribution in [1.29, 1.82) is 0 Å². The summed E-state index contributed by atoms with van der Waals surface area (Å²) in [4.78, 5) is 1.28. The van der Waals surface area contributed by atoms with Crippen LogP contribution < -0.4 is 5.32 Å². The summed E-state index contributed by atoms with van der Waals surface area (Å²) >= 11 is 1.47. The van der Waals surface area contributed by atoms with Crippen LogP contribution >= 0.6 is 11.3 Å². The van der Waals surface area contributed by atoms with Gasteiger partial charge in [-0.25, -0.2) is 12.7 Å². The topological polar surface area (TPSA) is 49.4 Å². The molecule has 16 heavy (non-hydrogen) atoms. The summed E-state index contributed by atoms with van der Waals surface area (Å²) < 4.78 is 25.2. The van der Waals surface area contributed by atoms with Crippen LogP contribution in [0, 0.1) is 0 Å². The lowest BCUT2D eigenvalue weighted by Crippen LogP contribution is -2.25. The van der Waals surface area contributed by atoms with Crippen molar-refractivity contribution >= 4 is 21.4 Å². The first kappa shape index (κ1) is 13.6. The molecule has 1 aromatic rings. The largest absolute Gasteiger partial charge is 0.310 e. The fourth-order valence-electron chi connectivity index (χ4n) is 1.18. The molecule has 0 aromatic carbocycles. The van der Waals surface area contributed by atoms with Crippen LogP contribution in [0.3, 0.4) is 0 Å². The van der Waals surface area contributed by atoms with Crippen LogP contribution in [0.2, 0.25) is 0 Å². The SMILES string of the molecule is CC(C)NCc1sccc1S(=O)(=O)N(C)C. The van der Waals surface area contributed by atoms with Crippen LogP contribution in [0.5, 0.6) is 0 Å². The number of nitrogens with zero attached hydrogens (tertiary/aromatic N) is 1. The van der Waals surface area contributed by atoms with Gasteiger partial charge in [0.2, 0.25) is 10.0 Å². The smallest absolute Gasteiger partial charge is 0.243 e. The number of hydrogen-bond acceptors (Lipinski definition) is 4. The van der Waals surface area contributed by atoms with Crippen molar-refractivity contribution in [2.45, 2.75) is 31.3 Å². The molecule has 0 amide bonds. The van der Waals surface area contributed by atoms with Gasteiger partial charge in [0.25, 0.3) is 0 Å². The van der Waals surface area contributed by atoms with E-state index in [1.54, 1.807) is 20.2 Å². The van der Waals surface area contributed by atoms with E-state index < -0.39 is 10.0 Å². The summed E-state index contributed by atoms with van der Waals surface area (Å²) in [5.74, 6) is 0. The van der Waals surface area contributed by atoms with Crippen LogP contribution in [0.15, 0.2) is 16.3 Å². The van der Waals surface area contributed by atoms with Crippen LogP contribution in [0.4, 0.5) is 0 Å². The van der Waals surface area contributed by atoms with Gasteiger partial charge < -0.3 is 5.32 Å². The van der Waals surface area contributed by atoms with Crippen LogP contribution in [0.1, 0.15) is 18.7 Å². The number of hydrogen-bond donors (Lipinski definition) is 1. The molecule has 0 aliphatic heterocycles. The maximum Gasteiger partial charge on any atom is 0.243 e. The van der Waals surface area contributed by atoms with E-state index in [-0.39, 0.29) is 0 Å². The van der Waals surface area contributed by atoms with E-state index >= 15 is 0 Å². The minimum absolute atomic E-state index is 0.344.